The van der Waals surface area contributed by atoms with Crippen molar-refractivity contribution in [3.05, 3.63) is 58.0 Å². The fraction of sp³-hybridized carbons (Fsp3) is 0.455. The maximum Gasteiger partial charge on any atom is 0.275 e. The molecule has 0 radical (unpaired) electrons. The Labute approximate surface area is 166 Å². The molecular weight excluding hydrogens is 356 g/mol. The van der Waals surface area contributed by atoms with Crippen LogP contribution in [0.3, 0.4) is 0 Å². The Morgan fingerprint density at radius 1 is 0.964 bits per heavy atom. The van der Waals surface area contributed by atoms with E-state index in [1.165, 1.54) is 4.57 Å². The molecule has 0 spiro atoms. The van der Waals surface area contributed by atoms with E-state index >= 15 is 0 Å². The van der Waals surface area contributed by atoms with E-state index in [-0.39, 0.29) is 23.7 Å². The van der Waals surface area contributed by atoms with Gasteiger partial charge in [-0.15, -0.1) is 0 Å². The number of nitrogens with zero attached hydrogens (tertiary/aromatic N) is 2. The number of hydrogen-bond donors (Lipinski definition) is 2. The molecule has 1 fully saturated rings. The molecule has 1 aliphatic carbocycles. The summed E-state index contributed by atoms with van der Waals surface area (Å²) >= 11 is 0. The molecule has 2 aliphatic rings. The van der Waals surface area contributed by atoms with Crippen LogP contribution in [0, 0.1) is 5.92 Å². The van der Waals surface area contributed by atoms with Crippen LogP contribution in [0.25, 0.3) is 0 Å². The third-order valence-electron chi connectivity index (χ3n) is 5.08. The number of rotatable bonds is 3. The van der Waals surface area contributed by atoms with E-state index in [2.05, 4.69) is 0 Å². The number of amides is 1. The first-order valence-corrected chi connectivity index (χ1v) is 10.1. The van der Waals surface area contributed by atoms with Gasteiger partial charge >= 0.3 is 0 Å². The molecule has 3 unspecified atom stereocenters. The zero-order chi connectivity index (χ0) is 21.0. The predicted molar refractivity (Wildman–Crippen MR) is 110 cm³/mol. The van der Waals surface area contributed by atoms with Gasteiger partial charge in [0.15, 0.2) is 17.2 Å². The number of carbonyl (C=O) groups excluding carboxylic acids is 1. The van der Waals surface area contributed by atoms with Crippen LogP contribution in [0.15, 0.2) is 41.2 Å². The number of hydrogen-bond acceptors (Lipinski definition) is 4. The molecule has 1 aromatic carbocycles. The molecule has 2 heterocycles. The van der Waals surface area contributed by atoms with Crippen molar-refractivity contribution < 1.29 is 15.0 Å². The van der Waals surface area contributed by atoms with Gasteiger partial charge in [0.25, 0.3) is 11.5 Å². The van der Waals surface area contributed by atoms with E-state index in [9.17, 15) is 19.8 Å². The Balaban J connectivity index is 0.000000660. The van der Waals surface area contributed by atoms with Crippen molar-refractivity contribution in [3.63, 3.8) is 0 Å². The molecule has 152 valence electrons. The highest BCUT2D eigenvalue weighted by atomic mass is 16.3. The summed E-state index contributed by atoms with van der Waals surface area (Å²) in [6, 6.07) is 10.4. The highest BCUT2D eigenvalue weighted by Crippen LogP contribution is 2.54. The lowest BCUT2D eigenvalue weighted by atomic mass is 10.1. The molecule has 1 aromatic heterocycles. The normalized spacial score (nSPS) is 21.4. The number of benzene rings is 1. The van der Waals surface area contributed by atoms with Crippen molar-refractivity contribution >= 4 is 5.91 Å². The van der Waals surface area contributed by atoms with Gasteiger partial charge in [-0.2, -0.15) is 0 Å². The third-order valence-corrected chi connectivity index (χ3v) is 5.08. The molecule has 2 N–H and O–H groups in total. The molecule has 2 aromatic rings. The average Bonchev–Trinajstić information content (AvgIpc) is 3.46. The molecule has 28 heavy (non-hydrogen) atoms. The van der Waals surface area contributed by atoms with E-state index in [1.54, 1.807) is 4.90 Å². The van der Waals surface area contributed by atoms with Crippen LogP contribution < -0.4 is 5.56 Å². The quantitative estimate of drug-likeness (QED) is 0.838. The second-order valence-corrected chi connectivity index (χ2v) is 6.41. The molecule has 0 saturated heterocycles. The molecule has 6 nitrogen and oxygen atoms in total. The largest absolute Gasteiger partial charge is 0.504 e. The maximum absolute atomic E-state index is 12.9. The minimum Gasteiger partial charge on any atom is -0.504 e. The van der Waals surface area contributed by atoms with Crippen molar-refractivity contribution in [3.8, 4) is 11.5 Å². The summed E-state index contributed by atoms with van der Waals surface area (Å²) in [7, 11) is 0. The number of fused-ring (bicyclic) bond motifs is 3. The Bertz CT molecular complexity index is 876. The van der Waals surface area contributed by atoms with E-state index in [4.69, 9.17) is 0 Å². The molecule has 1 saturated carbocycles. The minimum absolute atomic E-state index is 0.0446. The number of aromatic hydroxyl groups is 2. The lowest BCUT2D eigenvalue weighted by molar-refractivity contribution is 0.0667. The SMILES string of the molecule is CC.CC.CCC1C2C1n1c(c(O)c(O)cc1=O)C(=O)N2Cc1ccccc1. The summed E-state index contributed by atoms with van der Waals surface area (Å²) in [6.07, 6.45) is 0.835. The number of pyridine rings is 1. The van der Waals surface area contributed by atoms with Gasteiger partial charge in [-0.3, -0.25) is 14.2 Å². The summed E-state index contributed by atoms with van der Waals surface area (Å²) < 4.78 is 1.36. The smallest absolute Gasteiger partial charge is 0.275 e. The van der Waals surface area contributed by atoms with Gasteiger partial charge in [-0.05, 0) is 12.0 Å². The minimum atomic E-state index is -0.550. The lowest BCUT2D eigenvalue weighted by Gasteiger charge is -2.29. The fourth-order valence-corrected chi connectivity index (χ4v) is 3.91. The van der Waals surface area contributed by atoms with Gasteiger partial charge in [-0.1, -0.05) is 65.0 Å². The van der Waals surface area contributed by atoms with Crippen molar-refractivity contribution in [2.24, 2.45) is 5.92 Å². The van der Waals surface area contributed by atoms with Crippen LogP contribution in [0.5, 0.6) is 11.5 Å². The zero-order valence-electron chi connectivity index (χ0n) is 17.2. The third kappa shape index (κ3) is 3.51. The maximum atomic E-state index is 12.9. The first-order valence-electron chi connectivity index (χ1n) is 10.1. The van der Waals surface area contributed by atoms with Gasteiger partial charge in [0.1, 0.15) is 0 Å². The number of aromatic nitrogens is 1. The van der Waals surface area contributed by atoms with Crippen molar-refractivity contribution in [2.45, 2.75) is 59.7 Å². The van der Waals surface area contributed by atoms with Crippen LogP contribution in [0.2, 0.25) is 0 Å². The van der Waals surface area contributed by atoms with Gasteiger partial charge in [0, 0.05) is 18.5 Å². The Morgan fingerprint density at radius 3 is 2.14 bits per heavy atom. The number of carbonyl (C=O) groups is 1. The van der Waals surface area contributed by atoms with Gasteiger partial charge in [-0.25, -0.2) is 0 Å². The first kappa shape index (κ1) is 21.5. The monoisotopic (exact) mass is 386 g/mol. The molecule has 1 amide bonds. The van der Waals surface area contributed by atoms with Crippen LogP contribution >= 0.6 is 0 Å². The van der Waals surface area contributed by atoms with Crippen LogP contribution in [0.1, 0.15) is 63.1 Å². The van der Waals surface area contributed by atoms with Crippen LogP contribution in [-0.2, 0) is 6.54 Å². The average molecular weight is 386 g/mol. The van der Waals surface area contributed by atoms with Crippen molar-refractivity contribution in [2.75, 3.05) is 0 Å². The predicted octanol–water partition coefficient (Wildman–Crippen LogP) is 3.92. The molecular formula is C22H30N2O4. The fourth-order valence-electron chi connectivity index (χ4n) is 3.91. The Morgan fingerprint density at radius 2 is 1.57 bits per heavy atom. The molecule has 0 bridgehead atoms. The summed E-state index contributed by atoms with van der Waals surface area (Å²) in [5.74, 6) is -1.30. The first-order chi connectivity index (χ1) is 13.5. The summed E-state index contributed by atoms with van der Waals surface area (Å²) in [4.78, 5) is 26.9. The lowest BCUT2D eigenvalue weighted by Crippen LogP contribution is -2.42. The van der Waals surface area contributed by atoms with E-state index < -0.39 is 23.0 Å². The zero-order valence-corrected chi connectivity index (χ0v) is 17.2. The second-order valence-electron chi connectivity index (χ2n) is 6.41. The van der Waals surface area contributed by atoms with Crippen LogP contribution in [-0.4, -0.2) is 31.6 Å². The standard InChI is InChI=1S/C18H18N2O4.2C2H6/c1-2-11-14-15(11)20-13(22)8-12(21)17(23)16(20)18(24)19(14)9-10-6-4-3-5-7-10;2*1-2/h3-8,11,14-15,21,23H,2,9H2,1H3;2*1-2H3. The van der Waals surface area contributed by atoms with E-state index in [0.29, 0.717) is 6.54 Å². The highest BCUT2D eigenvalue weighted by molar-refractivity contribution is 5.97. The van der Waals surface area contributed by atoms with Gasteiger partial charge in [0.2, 0.25) is 0 Å². The van der Waals surface area contributed by atoms with Gasteiger partial charge < -0.3 is 15.1 Å². The summed E-state index contributed by atoms with van der Waals surface area (Å²) in [5.41, 5.74) is 0.439. The summed E-state index contributed by atoms with van der Waals surface area (Å²) in [5, 5.41) is 19.9. The Hall–Kier alpha value is -2.76. The Kier molecular flexibility index (Phi) is 6.89. The van der Waals surface area contributed by atoms with E-state index in [0.717, 1.165) is 18.1 Å². The second kappa shape index (κ2) is 8.95. The molecule has 3 atom stereocenters. The molecule has 4 rings (SSSR count). The van der Waals surface area contributed by atoms with Gasteiger partial charge in [0.05, 0.1) is 12.1 Å². The summed E-state index contributed by atoms with van der Waals surface area (Å²) in [6.45, 7) is 10.4. The van der Waals surface area contributed by atoms with Crippen molar-refractivity contribution in [1.82, 2.24) is 9.47 Å². The van der Waals surface area contributed by atoms with Crippen LogP contribution in [0.4, 0.5) is 0 Å². The van der Waals surface area contributed by atoms with Crippen molar-refractivity contribution in [1.29, 1.82) is 0 Å². The highest BCUT2D eigenvalue weighted by Gasteiger charge is 2.60. The molecule has 6 heteroatoms. The molecule has 1 aliphatic heterocycles. The van der Waals surface area contributed by atoms with E-state index in [1.807, 2.05) is 65.0 Å². The topological polar surface area (TPSA) is 82.8 Å².